The normalized spacial score (nSPS) is 14.1. The second-order valence-corrected chi connectivity index (χ2v) is 11.0. The van der Waals surface area contributed by atoms with Crippen LogP contribution in [0.1, 0.15) is 50.5 Å². The number of aromatic nitrogens is 1. The largest absolute Gasteiger partial charge is 0.480 e. The van der Waals surface area contributed by atoms with Gasteiger partial charge in [0, 0.05) is 23.5 Å². The Bertz CT molecular complexity index is 1130. The second-order valence-electron chi connectivity index (χ2n) is 10.0. The molecule has 4 atom stereocenters. The number of amides is 3. The number of carboxylic acid groups (broad SMARTS) is 1. The van der Waals surface area contributed by atoms with Crippen molar-refractivity contribution in [1.29, 1.82) is 0 Å². The Balaban J connectivity index is 2.28. The van der Waals surface area contributed by atoms with Gasteiger partial charge in [0.2, 0.25) is 17.7 Å². The number of H-pyrrole nitrogens is 1. The number of carboxylic acids is 1. The van der Waals surface area contributed by atoms with Crippen molar-refractivity contribution in [3.8, 4) is 0 Å². The van der Waals surface area contributed by atoms with Gasteiger partial charge in [0.25, 0.3) is 0 Å². The number of hydrogen-bond donors (Lipinski definition) is 8. The third kappa shape index (κ3) is 11.3. The molecular weight excluding hydrogens is 546 g/mol. The van der Waals surface area contributed by atoms with E-state index in [-0.39, 0.29) is 12.8 Å². The van der Waals surface area contributed by atoms with Crippen molar-refractivity contribution in [2.45, 2.75) is 75.5 Å². The average molecular weight is 592 g/mol. The molecule has 0 radical (unpaired) electrons. The number of unbranched alkanes of at least 4 members (excludes halogenated alkanes) is 2. The fourth-order valence-corrected chi connectivity index (χ4v) is 4.93. The van der Waals surface area contributed by atoms with E-state index in [1.807, 2.05) is 30.5 Å². The Morgan fingerprint density at radius 3 is 2.07 bits per heavy atom. The fourth-order valence-electron chi connectivity index (χ4n) is 4.44. The predicted octanol–water partition coefficient (Wildman–Crippen LogP) is 0.588. The molecule has 12 nitrogen and oxygen atoms in total. The molecular formula is C28H45N7O5S. The van der Waals surface area contributed by atoms with Crippen molar-refractivity contribution < 1.29 is 24.3 Å². The zero-order valence-electron chi connectivity index (χ0n) is 23.7. The number of rotatable bonds is 20. The summed E-state index contributed by atoms with van der Waals surface area (Å²) in [5.74, 6) is -2.11. The molecule has 0 spiro atoms. The first kappa shape index (κ1) is 34.1. The molecule has 0 saturated heterocycles. The molecule has 3 amide bonds. The molecule has 1 aromatic carbocycles. The molecule has 1 aromatic heterocycles. The van der Waals surface area contributed by atoms with E-state index >= 15 is 0 Å². The van der Waals surface area contributed by atoms with Gasteiger partial charge in [-0.05, 0) is 81.7 Å². The standard InChI is InChI=1S/C28H45N7O5S/c1-41-15-12-20(31)25(36)33-22(10-4-6-13-29)26(37)35-24(16-18-17-32-21-9-3-2-8-19(18)21)27(38)34-23(28(39)40)11-5-7-14-30/h2-3,8-9,17,20,22-24,32H,4-7,10-16,29-31H2,1H3,(H,33,36)(H,34,38)(H,35,37)(H,39,40). The Hall–Kier alpha value is -3.13. The summed E-state index contributed by atoms with van der Waals surface area (Å²) in [7, 11) is 0. The number of aromatic amines is 1. The molecule has 0 aliphatic rings. The van der Waals surface area contributed by atoms with Gasteiger partial charge in [0.15, 0.2) is 0 Å². The van der Waals surface area contributed by atoms with Crippen LogP contribution in [0.5, 0.6) is 0 Å². The van der Waals surface area contributed by atoms with Crippen LogP contribution in [0.15, 0.2) is 30.5 Å². The quantitative estimate of drug-likeness (QED) is 0.101. The van der Waals surface area contributed by atoms with Crippen LogP contribution in [0, 0.1) is 0 Å². The van der Waals surface area contributed by atoms with Gasteiger partial charge < -0.3 is 43.2 Å². The molecule has 0 fully saturated rings. The molecule has 1 heterocycles. The van der Waals surface area contributed by atoms with E-state index in [1.54, 1.807) is 18.0 Å². The topological polar surface area (TPSA) is 218 Å². The predicted molar refractivity (Wildman–Crippen MR) is 162 cm³/mol. The lowest BCUT2D eigenvalue weighted by Gasteiger charge is -2.25. The summed E-state index contributed by atoms with van der Waals surface area (Å²) < 4.78 is 0. The summed E-state index contributed by atoms with van der Waals surface area (Å²) in [6, 6.07) is 3.60. The third-order valence-electron chi connectivity index (χ3n) is 6.84. The summed E-state index contributed by atoms with van der Waals surface area (Å²) in [6.07, 6.45) is 7.14. The smallest absolute Gasteiger partial charge is 0.326 e. The number of fused-ring (bicyclic) bond motifs is 1. The van der Waals surface area contributed by atoms with Crippen LogP contribution in [-0.2, 0) is 25.6 Å². The number of nitrogens with one attached hydrogen (secondary N) is 4. The Morgan fingerprint density at radius 1 is 0.854 bits per heavy atom. The number of hydrogen-bond acceptors (Lipinski definition) is 8. The van der Waals surface area contributed by atoms with Crippen molar-refractivity contribution in [2.24, 2.45) is 17.2 Å². The van der Waals surface area contributed by atoms with Crippen LogP contribution in [0.2, 0.25) is 0 Å². The Kier molecular flexibility index (Phi) is 15.2. The van der Waals surface area contributed by atoms with Crippen LogP contribution >= 0.6 is 11.8 Å². The molecule has 0 saturated carbocycles. The molecule has 4 unspecified atom stereocenters. The monoisotopic (exact) mass is 591 g/mol. The number of para-hydroxylation sites is 1. The maximum Gasteiger partial charge on any atom is 0.326 e. The summed E-state index contributed by atoms with van der Waals surface area (Å²) >= 11 is 1.57. The first-order valence-corrected chi connectivity index (χ1v) is 15.4. The van der Waals surface area contributed by atoms with Crippen LogP contribution in [0.4, 0.5) is 0 Å². The summed E-state index contributed by atoms with van der Waals surface area (Å²) in [5.41, 5.74) is 18.8. The van der Waals surface area contributed by atoms with Gasteiger partial charge in [0.1, 0.15) is 18.1 Å². The number of benzene rings is 1. The number of aliphatic carboxylic acids is 1. The molecule has 228 valence electrons. The zero-order valence-corrected chi connectivity index (χ0v) is 24.5. The fraction of sp³-hybridized carbons (Fsp3) is 0.571. The molecule has 2 rings (SSSR count). The van der Waals surface area contributed by atoms with Gasteiger partial charge in [-0.3, -0.25) is 14.4 Å². The molecule has 41 heavy (non-hydrogen) atoms. The van der Waals surface area contributed by atoms with Crippen LogP contribution in [-0.4, -0.2) is 83.0 Å². The van der Waals surface area contributed by atoms with Gasteiger partial charge in [-0.1, -0.05) is 18.2 Å². The summed E-state index contributed by atoms with van der Waals surface area (Å²) in [5, 5.41) is 18.7. The molecule has 0 aliphatic carbocycles. The van der Waals surface area contributed by atoms with Crippen molar-refractivity contribution in [3.63, 3.8) is 0 Å². The van der Waals surface area contributed by atoms with E-state index in [4.69, 9.17) is 17.2 Å². The highest BCUT2D eigenvalue weighted by molar-refractivity contribution is 7.98. The molecule has 2 aromatic rings. The first-order chi connectivity index (χ1) is 19.7. The average Bonchev–Trinajstić information content (AvgIpc) is 3.36. The van der Waals surface area contributed by atoms with Gasteiger partial charge in [-0.25, -0.2) is 4.79 Å². The summed E-state index contributed by atoms with van der Waals surface area (Å²) in [6.45, 7) is 0.847. The minimum absolute atomic E-state index is 0.105. The second kappa shape index (κ2) is 18.3. The first-order valence-electron chi connectivity index (χ1n) is 14.0. The Labute approximate surface area is 245 Å². The molecule has 13 heteroatoms. The van der Waals surface area contributed by atoms with E-state index in [0.717, 1.165) is 16.5 Å². The summed E-state index contributed by atoms with van der Waals surface area (Å²) in [4.78, 5) is 54.8. The lowest BCUT2D eigenvalue weighted by atomic mass is 10.0. The molecule has 11 N–H and O–H groups in total. The van der Waals surface area contributed by atoms with Crippen molar-refractivity contribution in [3.05, 3.63) is 36.0 Å². The van der Waals surface area contributed by atoms with E-state index in [0.29, 0.717) is 57.4 Å². The van der Waals surface area contributed by atoms with Gasteiger partial charge in [-0.2, -0.15) is 11.8 Å². The molecule has 0 bridgehead atoms. The van der Waals surface area contributed by atoms with Crippen molar-refractivity contribution in [1.82, 2.24) is 20.9 Å². The van der Waals surface area contributed by atoms with E-state index < -0.39 is 47.9 Å². The number of carbonyl (C=O) groups is 4. The van der Waals surface area contributed by atoms with Crippen molar-refractivity contribution >= 4 is 46.4 Å². The van der Waals surface area contributed by atoms with E-state index in [9.17, 15) is 24.3 Å². The van der Waals surface area contributed by atoms with Crippen molar-refractivity contribution in [2.75, 3.05) is 25.1 Å². The van der Waals surface area contributed by atoms with Crippen LogP contribution in [0.25, 0.3) is 10.9 Å². The highest BCUT2D eigenvalue weighted by Crippen LogP contribution is 2.19. The highest BCUT2D eigenvalue weighted by atomic mass is 32.2. The zero-order chi connectivity index (χ0) is 30.2. The minimum atomic E-state index is -1.17. The van der Waals surface area contributed by atoms with Gasteiger partial charge in [0.05, 0.1) is 6.04 Å². The lowest BCUT2D eigenvalue weighted by Crippen LogP contribution is -2.57. The van der Waals surface area contributed by atoms with E-state index in [1.165, 1.54) is 0 Å². The highest BCUT2D eigenvalue weighted by Gasteiger charge is 2.30. The maximum atomic E-state index is 13.5. The van der Waals surface area contributed by atoms with Gasteiger partial charge in [-0.15, -0.1) is 0 Å². The third-order valence-corrected chi connectivity index (χ3v) is 7.49. The SMILES string of the molecule is CSCCC(N)C(=O)NC(CCCCN)C(=O)NC(Cc1c[nH]c2ccccc12)C(=O)NC(CCCCN)C(=O)O. The number of carbonyl (C=O) groups excluding carboxylic acids is 3. The lowest BCUT2D eigenvalue weighted by molar-refractivity contribution is -0.142. The van der Waals surface area contributed by atoms with Crippen LogP contribution < -0.4 is 33.2 Å². The maximum absolute atomic E-state index is 13.5. The molecule has 0 aliphatic heterocycles. The minimum Gasteiger partial charge on any atom is -0.480 e. The van der Waals surface area contributed by atoms with Gasteiger partial charge >= 0.3 is 5.97 Å². The number of nitrogens with two attached hydrogens (primary N) is 3. The van der Waals surface area contributed by atoms with E-state index in [2.05, 4.69) is 20.9 Å². The Morgan fingerprint density at radius 2 is 1.44 bits per heavy atom. The van der Waals surface area contributed by atoms with Crippen LogP contribution in [0.3, 0.4) is 0 Å². The number of thioether (sulfide) groups is 1.